The average Bonchev–Trinajstić information content (AvgIpc) is 2.96. The van der Waals surface area contributed by atoms with E-state index in [1.807, 2.05) is 53.2 Å². The molecule has 0 aromatic carbocycles. The van der Waals surface area contributed by atoms with Gasteiger partial charge in [-0.25, -0.2) is 9.79 Å². The number of aromatic nitrogens is 3. The molecule has 0 aliphatic carbocycles. The zero-order valence-electron chi connectivity index (χ0n) is 18.9. The average molecular weight is 408 g/mol. The van der Waals surface area contributed by atoms with Crippen LogP contribution in [0.2, 0.25) is 0 Å². The lowest BCUT2D eigenvalue weighted by molar-refractivity contribution is 0.0448. The van der Waals surface area contributed by atoms with Crippen molar-refractivity contribution in [3.8, 4) is 0 Å². The molecule has 0 saturated heterocycles. The number of aryl methyl sites for hydroxylation is 1. The second-order valence-electron chi connectivity index (χ2n) is 8.02. The highest BCUT2D eigenvalue weighted by atomic mass is 16.6. The summed E-state index contributed by atoms with van der Waals surface area (Å²) in [6.07, 6.45) is 2.82. The molecule has 29 heavy (non-hydrogen) atoms. The van der Waals surface area contributed by atoms with Crippen LogP contribution in [0.25, 0.3) is 0 Å². The standard InChI is InChI=1S/C20H37N7O2/c1-9-12-21-17(22-13-16-26-25-15(4)27(16)8)23-14-20(10-2,11-3)24-18(28)29-19(5,6)7/h9H,1,10-14H2,2-8H3,(H,24,28)(H2,21,22,23). The number of carbonyl (C=O) groups excluding carboxylic acids is 1. The predicted octanol–water partition coefficient (Wildman–Crippen LogP) is 2.43. The zero-order valence-corrected chi connectivity index (χ0v) is 18.9. The minimum Gasteiger partial charge on any atom is -0.444 e. The van der Waals surface area contributed by atoms with E-state index >= 15 is 0 Å². The fourth-order valence-electron chi connectivity index (χ4n) is 2.58. The first-order valence-electron chi connectivity index (χ1n) is 10.0. The Labute approximate surface area is 174 Å². The molecule has 9 heteroatoms. The molecule has 1 heterocycles. The Morgan fingerprint density at radius 2 is 1.90 bits per heavy atom. The number of carbonyl (C=O) groups is 1. The van der Waals surface area contributed by atoms with Gasteiger partial charge in [-0.05, 0) is 40.5 Å². The van der Waals surface area contributed by atoms with Crippen LogP contribution in [0.1, 0.15) is 59.1 Å². The van der Waals surface area contributed by atoms with Gasteiger partial charge in [0, 0.05) is 20.1 Å². The molecule has 0 aliphatic rings. The molecule has 0 fully saturated rings. The minimum atomic E-state index is -0.545. The van der Waals surface area contributed by atoms with E-state index in [1.165, 1.54) is 0 Å². The van der Waals surface area contributed by atoms with E-state index in [0.29, 0.717) is 25.6 Å². The third-order valence-corrected chi connectivity index (χ3v) is 4.69. The summed E-state index contributed by atoms with van der Waals surface area (Å²) in [6, 6.07) is 0. The first kappa shape index (κ1) is 24.5. The van der Waals surface area contributed by atoms with E-state index in [1.54, 1.807) is 6.08 Å². The van der Waals surface area contributed by atoms with Crippen molar-refractivity contribution >= 4 is 12.1 Å². The lowest BCUT2D eigenvalue weighted by Crippen LogP contribution is -2.57. The lowest BCUT2D eigenvalue weighted by Gasteiger charge is -2.34. The maximum atomic E-state index is 12.3. The summed E-state index contributed by atoms with van der Waals surface area (Å²) in [5, 5.41) is 17.7. The molecule has 9 nitrogen and oxygen atoms in total. The van der Waals surface area contributed by atoms with Gasteiger partial charge in [0.1, 0.15) is 18.0 Å². The molecule has 0 spiro atoms. The number of hydrogen-bond donors (Lipinski definition) is 3. The van der Waals surface area contributed by atoms with Crippen LogP contribution in [0.3, 0.4) is 0 Å². The number of ether oxygens (including phenoxy) is 1. The summed E-state index contributed by atoms with van der Waals surface area (Å²) in [5.74, 6) is 2.22. The Morgan fingerprint density at radius 1 is 1.24 bits per heavy atom. The second-order valence-corrected chi connectivity index (χ2v) is 8.02. The van der Waals surface area contributed by atoms with Crippen molar-refractivity contribution < 1.29 is 9.53 Å². The molecule has 1 rings (SSSR count). The SMILES string of the molecule is C=CCNC(=NCc1nnc(C)n1C)NCC(CC)(CC)NC(=O)OC(C)(C)C. The van der Waals surface area contributed by atoms with Crippen molar-refractivity contribution in [2.45, 2.75) is 72.1 Å². The van der Waals surface area contributed by atoms with Gasteiger partial charge in [-0.1, -0.05) is 19.9 Å². The van der Waals surface area contributed by atoms with E-state index in [9.17, 15) is 4.79 Å². The van der Waals surface area contributed by atoms with Crippen molar-refractivity contribution in [1.82, 2.24) is 30.7 Å². The molecular weight excluding hydrogens is 370 g/mol. The van der Waals surface area contributed by atoms with Crippen LogP contribution in [-0.2, 0) is 18.3 Å². The van der Waals surface area contributed by atoms with Gasteiger partial charge in [-0.2, -0.15) is 0 Å². The van der Waals surface area contributed by atoms with Gasteiger partial charge >= 0.3 is 6.09 Å². The third kappa shape index (κ3) is 8.13. The van der Waals surface area contributed by atoms with E-state index in [2.05, 4.69) is 37.7 Å². The fraction of sp³-hybridized carbons (Fsp3) is 0.700. The van der Waals surface area contributed by atoms with E-state index in [-0.39, 0.29) is 0 Å². The molecule has 3 N–H and O–H groups in total. The highest BCUT2D eigenvalue weighted by Crippen LogP contribution is 2.16. The number of guanidine groups is 1. The Morgan fingerprint density at radius 3 is 2.38 bits per heavy atom. The number of nitrogens with one attached hydrogen (secondary N) is 3. The summed E-state index contributed by atoms with van der Waals surface area (Å²) in [4.78, 5) is 16.9. The molecule has 1 aromatic heterocycles. The lowest BCUT2D eigenvalue weighted by atomic mass is 9.93. The molecule has 1 amide bonds. The number of rotatable bonds is 9. The van der Waals surface area contributed by atoms with E-state index in [4.69, 9.17) is 4.74 Å². The quantitative estimate of drug-likeness (QED) is 0.330. The molecule has 1 aromatic rings. The van der Waals surface area contributed by atoms with Crippen LogP contribution < -0.4 is 16.0 Å². The Balaban J connectivity index is 2.86. The largest absolute Gasteiger partial charge is 0.444 e. The Bertz CT molecular complexity index is 700. The highest BCUT2D eigenvalue weighted by molar-refractivity contribution is 5.80. The predicted molar refractivity (Wildman–Crippen MR) is 116 cm³/mol. The van der Waals surface area contributed by atoms with Crippen molar-refractivity contribution in [3.05, 3.63) is 24.3 Å². The normalized spacial score (nSPS) is 12.4. The first-order valence-corrected chi connectivity index (χ1v) is 10.0. The van der Waals surface area contributed by atoms with Crippen molar-refractivity contribution in [1.29, 1.82) is 0 Å². The van der Waals surface area contributed by atoms with Crippen LogP contribution in [0.15, 0.2) is 17.6 Å². The maximum absolute atomic E-state index is 12.3. The zero-order chi connectivity index (χ0) is 22.1. The third-order valence-electron chi connectivity index (χ3n) is 4.69. The molecular formula is C20H37N7O2. The summed E-state index contributed by atoms with van der Waals surface area (Å²) < 4.78 is 7.34. The number of amides is 1. The van der Waals surface area contributed by atoms with Crippen molar-refractivity contribution in [3.63, 3.8) is 0 Å². The topological polar surface area (TPSA) is 105 Å². The molecule has 0 atom stereocenters. The molecule has 0 saturated carbocycles. The van der Waals surface area contributed by atoms with Crippen molar-refractivity contribution in [2.24, 2.45) is 12.0 Å². The number of alkyl carbamates (subject to hydrolysis) is 1. The Kier molecular flexibility index (Phi) is 9.13. The van der Waals surface area contributed by atoms with Gasteiger partial charge in [-0.3, -0.25) is 0 Å². The number of aliphatic imine (C=N–C) groups is 1. The first-order chi connectivity index (χ1) is 13.6. The summed E-state index contributed by atoms with van der Waals surface area (Å²) in [5.41, 5.74) is -1.00. The summed E-state index contributed by atoms with van der Waals surface area (Å²) in [6.45, 7) is 16.7. The highest BCUT2D eigenvalue weighted by Gasteiger charge is 2.30. The van der Waals surface area contributed by atoms with Crippen molar-refractivity contribution in [2.75, 3.05) is 13.1 Å². The van der Waals surface area contributed by atoms with Gasteiger partial charge in [0.15, 0.2) is 11.8 Å². The van der Waals surface area contributed by atoms with E-state index < -0.39 is 17.2 Å². The minimum absolute atomic E-state index is 0.383. The van der Waals surface area contributed by atoms with Gasteiger partial charge in [0.05, 0.1) is 5.54 Å². The summed E-state index contributed by atoms with van der Waals surface area (Å²) in [7, 11) is 1.91. The molecule has 0 unspecified atom stereocenters. The van der Waals surface area contributed by atoms with Gasteiger partial charge in [0.25, 0.3) is 0 Å². The molecule has 164 valence electrons. The van der Waals surface area contributed by atoms with Crippen LogP contribution >= 0.6 is 0 Å². The van der Waals surface area contributed by atoms with Crippen LogP contribution in [0, 0.1) is 6.92 Å². The van der Waals surface area contributed by atoms with Gasteiger partial charge < -0.3 is 25.3 Å². The fourth-order valence-corrected chi connectivity index (χ4v) is 2.58. The maximum Gasteiger partial charge on any atom is 0.408 e. The van der Waals surface area contributed by atoms with E-state index in [0.717, 1.165) is 24.5 Å². The van der Waals surface area contributed by atoms with Gasteiger partial charge in [-0.15, -0.1) is 16.8 Å². The van der Waals surface area contributed by atoms with Crippen LogP contribution in [0.5, 0.6) is 0 Å². The summed E-state index contributed by atoms with van der Waals surface area (Å²) >= 11 is 0. The molecule has 0 bridgehead atoms. The Hall–Kier alpha value is -2.58. The molecule has 0 radical (unpaired) electrons. The second kappa shape index (κ2) is 10.8. The number of hydrogen-bond acceptors (Lipinski definition) is 5. The monoisotopic (exact) mass is 407 g/mol. The smallest absolute Gasteiger partial charge is 0.408 e. The molecule has 0 aliphatic heterocycles. The van der Waals surface area contributed by atoms with Gasteiger partial charge in [0.2, 0.25) is 0 Å². The van der Waals surface area contributed by atoms with Crippen LogP contribution in [0.4, 0.5) is 4.79 Å². The number of nitrogens with zero attached hydrogens (tertiary/aromatic N) is 4. The van der Waals surface area contributed by atoms with Crippen LogP contribution in [-0.4, -0.2) is 51.0 Å².